The Bertz CT molecular complexity index is 754. The molecular formula is C20H29N3O2S. The van der Waals surface area contributed by atoms with Gasteiger partial charge in [0.1, 0.15) is 0 Å². The topological polar surface area (TPSA) is 52.6 Å². The second kappa shape index (κ2) is 8.10. The van der Waals surface area contributed by atoms with E-state index in [1.54, 1.807) is 12.1 Å². The molecule has 5 nitrogen and oxygen atoms in total. The summed E-state index contributed by atoms with van der Waals surface area (Å²) in [4.78, 5) is 5.00. The van der Waals surface area contributed by atoms with E-state index in [-0.39, 0.29) is 0 Å². The van der Waals surface area contributed by atoms with Gasteiger partial charge in [-0.25, -0.2) is 13.1 Å². The Hall–Kier alpha value is -1.39. The highest BCUT2D eigenvalue weighted by atomic mass is 32.2. The van der Waals surface area contributed by atoms with Crippen molar-refractivity contribution in [2.24, 2.45) is 11.8 Å². The fourth-order valence-electron chi connectivity index (χ4n) is 4.30. The highest BCUT2D eigenvalue weighted by Gasteiger charge is 2.40. The van der Waals surface area contributed by atoms with Crippen LogP contribution in [0.3, 0.4) is 0 Å². The molecule has 1 N–H and O–H groups in total. The zero-order valence-electron chi connectivity index (χ0n) is 15.7. The first-order chi connectivity index (χ1) is 12.4. The van der Waals surface area contributed by atoms with E-state index in [0.717, 1.165) is 31.6 Å². The zero-order chi connectivity index (χ0) is 18.7. The largest absolute Gasteiger partial charge is 0.299 e. The molecule has 142 valence electrons. The number of benzene rings is 1. The summed E-state index contributed by atoms with van der Waals surface area (Å²) in [5.41, 5.74) is 1.06. The van der Waals surface area contributed by atoms with Gasteiger partial charge in [-0.3, -0.25) is 9.80 Å². The van der Waals surface area contributed by atoms with Gasteiger partial charge in [-0.2, -0.15) is 0 Å². The summed E-state index contributed by atoms with van der Waals surface area (Å²) in [7, 11) is -1.37. The molecule has 3 heterocycles. The number of piperidine rings is 3. The van der Waals surface area contributed by atoms with Gasteiger partial charge in [0.15, 0.2) is 0 Å². The molecule has 4 unspecified atom stereocenters. The molecule has 3 fully saturated rings. The SMILES string of the molecule is C#CCN(C)CC1CN2CCC1CC2CNS(=O)(=O)c1ccc(C)cc1. The van der Waals surface area contributed by atoms with Gasteiger partial charge in [0.25, 0.3) is 0 Å². The molecule has 6 heteroatoms. The van der Waals surface area contributed by atoms with Crippen LogP contribution in [-0.2, 0) is 10.0 Å². The zero-order valence-corrected chi connectivity index (χ0v) is 16.5. The van der Waals surface area contributed by atoms with E-state index in [1.165, 1.54) is 6.42 Å². The quantitative estimate of drug-likeness (QED) is 0.735. The van der Waals surface area contributed by atoms with Crippen LogP contribution >= 0.6 is 0 Å². The van der Waals surface area contributed by atoms with Crippen molar-refractivity contribution in [3.63, 3.8) is 0 Å². The molecular weight excluding hydrogens is 346 g/mol. The molecule has 0 spiro atoms. The van der Waals surface area contributed by atoms with E-state index < -0.39 is 10.0 Å². The summed E-state index contributed by atoms with van der Waals surface area (Å²) < 4.78 is 27.9. The van der Waals surface area contributed by atoms with Gasteiger partial charge in [-0.15, -0.1) is 6.42 Å². The number of fused-ring (bicyclic) bond motifs is 3. The first-order valence-electron chi connectivity index (χ1n) is 9.31. The minimum absolute atomic E-state index is 0.295. The summed E-state index contributed by atoms with van der Waals surface area (Å²) in [6.07, 6.45) is 7.67. The molecule has 1 aromatic carbocycles. The molecule has 0 amide bonds. The Labute approximate surface area is 157 Å². The number of rotatable bonds is 7. The monoisotopic (exact) mass is 375 g/mol. The van der Waals surface area contributed by atoms with Crippen LogP contribution in [-0.4, -0.2) is 64.0 Å². The lowest BCUT2D eigenvalue weighted by molar-refractivity contribution is -0.00623. The number of hydrogen-bond acceptors (Lipinski definition) is 4. The minimum Gasteiger partial charge on any atom is -0.299 e. The Morgan fingerprint density at radius 3 is 2.69 bits per heavy atom. The predicted molar refractivity (Wildman–Crippen MR) is 104 cm³/mol. The van der Waals surface area contributed by atoms with Crippen LogP contribution in [0.1, 0.15) is 18.4 Å². The summed E-state index contributed by atoms with van der Waals surface area (Å²) >= 11 is 0. The fraction of sp³-hybridized carbons (Fsp3) is 0.600. The van der Waals surface area contributed by atoms with Gasteiger partial charge < -0.3 is 0 Å². The minimum atomic E-state index is -3.44. The first-order valence-corrected chi connectivity index (χ1v) is 10.8. The summed E-state index contributed by atoms with van der Waals surface area (Å²) in [5, 5.41) is 0. The molecule has 26 heavy (non-hydrogen) atoms. The number of hydrogen-bond donors (Lipinski definition) is 1. The van der Waals surface area contributed by atoms with Crippen molar-refractivity contribution in [1.29, 1.82) is 0 Å². The highest BCUT2D eigenvalue weighted by molar-refractivity contribution is 7.89. The van der Waals surface area contributed by atoms with Gasteiger partial charge in [0, 0.05) is 25.7 Å². The Balaban J connectivity index is 1.56. The number of aryl methyl sites for hydroxylation is 1. The second-order valence-corrected chi connectivity index (χ2v) is 9.53. The first kappa shape index (κ1) is 19.4. The van der Waals surface area contributed by atoms with Crippen molar-refractivity contribution in [2.45, 2.75) is 30.7 Å². The van der Waals surface area contributed by atoms with Crippen molar-refractivity contribution >= 4 is 10.0 Å². The third-order valence-electron chi connectivity index (χ3n) is 5.76. The maximum absolute atomic E-state index is 12.5. The van der Waals surface area contributed by atoms with Gasteiger partial charge in [0.2, 0.25) is 10.0 Å². The molecule has 4 rings (SSSR count). The van der Waals surface area contributed by atoms with Crippen LogP contribution in [0.25, 0.3) is 0 Å². The van der Waals surface area contributed by atoms with E-state index >= 15 is 0 Å². The fourth-order valence-corrected chi connectivity index (χ4v) is 5.37. The van der Waals surface area contributed by atoms with Crippen LogP contribution in [0.5, 0.6) is 0 Å². The molecule has 0 aliphatic carbocycles. The molecule has 2 bridgehead atoms. The number of terminal acetylenes is 1. The van der Waals surface area contributed by atoms with Gasteiger partial charge in [-0.1, -0.05) is 23.6 Å². The van der Waals surface area contributed by atoms with E-state index in [9.17, 15) is 8.42 Å². The number of nitrogens with zero attached hydrogens (tertiary/aromatic N) is 2. The normalized spacial score (nSPS) is 28.2. The molecule has 1 aromatic rings. The molecule has 4 atom stereocenters. The third-order valence-corrected chi connectivity index (χ3v) is 7.20. The van der Waals surface area contributed by atoms with Gasteiger partial charge >= 0.3 is 0 Å². The molecule has 3 aliphatic heterocycles. The van der Waals surface area contributed by atoms with Gasteiger partial charge in [-0.05, 0) is 57.3 Å². The van der Waals surface area contributed by atoms with E-state index in [4.69, 9.17) is 6.42 Å². The van der Waals surface area contributed by atoms with Gasteiger partial charge in [0.05, 0.1) is 11.4 Å². The van der Waals surface area contributed by atoms with Crippen molar-refractivity contribution in [1.82, 2.24) is 14.5 Å². The van der Waals surface area contributed by atoms with Crippen molar-refractivity contribution in [2.75, 3.05) is 39.8 Å². The summed E-state index contributed by atoms with van der Waals surface area (Å²) in [6.45, 7) is 6.25. The Morgan fingerprint density at radius 2 is 2.08 bits per heavy atom. The van der Waals surface area contributed by atoms with Crippen molar-refractivity contribution < 1.29 is 8.42 Å². The number of sulfonamides is 1. The second-order valence-electron chi connectivity index (χ2n) is 7.76. The van der Waals surface area contributed by atoms with E-state index in [0.29, 0.717) is 35.9 Å². The molecule has 3 saturated heterocycles. The highest BCUT2D eigenvalue weighted by Crippen LogP contribution is 2.36. The Kier molecular flexibility index (Phi) is 6.03. The van der Waals surface area contributed by atoms with Crippen molar-refractivity contribution in [3.05, 3.63) is 29.8 Å². The summed E-state index contributed by atoms with van der Waals surface area (Å²) in [5.74, 6) is 3.99. The predicted octanol–water partition coefficient (Wildman–Crippen LogP) is 1.55. The van der Waals surface area contributed by atoms with Crippen LogP contribution in [0, 0.1) is 31.1 Å². The van der Waals surface area contributed by atoms with Crippen LogP contribution in [0.15, 0.2) is 29.2 Å². The Morgan fingerprint density at radius 1 is 1.35 bits per heavy atom. The smallest absolute Gasteiger partial charge is 0.240 e. The average molecular weight is 376 g/mol. The van der Waals surface area contributed by atoms with E-state index in [2.05, 4.69) is 27.5 Å². The molecule has 0 saturated carbocycles. The molecule has 3 aliphatic rings. The van der Waals surface area contributed by atoms with E-state index in [1.807, 2.05) is 19.1 Å². The lowest BCUT2D eigenvalue weighted by Crippen LogP contribution is -2.58. The lowest BCUT2D eigenvalue weighted by atomic mass is 9.75. The lowest BCUT2D eigenvalue weighted by Gasteiger charge is -2.50. The van der Waals surface area contributed by atoms with Crippen LogP contribution in [0.4, 0.5) is 0 Å². The van der Waals surface area contributed by atoms with Crippen LogP contribution in [0.2, 0.25) is 0 Å². The van der Waals surface area contributed by atoms with Crippen molar-refractivity contribution in [3.8, 4) is 12.3 Å². The maximum atomic E-state index is 12.5. The number of nitrogens with one attached hydrogen (secondary N) is 1. The standard InChI is InChI=1S/C20H29N3O2S/c1-4-10-22(3)14-18-15-23-11-9-17(18)12-19(23)13-21-26(24,25)20-7-5-16(2)6-8-20/h1,5-8,17-19,21H,9-15H2,2-3H3. The molecule has 0 aromatic heterocycles. The molecule has 0 radical (unpaired) electrons. The maximum Gasteiger partial charge on any atom is 0.240 e. The third kappa shape index (κ3) is 4.47. The summed E-state index contributed by atoms with van der Waals surface area (Å²) in [6, 6.07) is 7.30. The average Bonchev–Trinajstić information content (AvgIpc) is 2.61. The van der Waals surface area contributed by atoms with Crippen LogP contribution < -0.4 is 4.72 Å².